The highest BCUT2D eigenvalue weighted by molar-refractivity contribution is 6.78. The molecule has 0 saturated heterocycles. The number of hydrogen-bond donors (Lipinski definition) is 0. The minimum absolute atomic E-state index is 0.0485. The Hall–Kier alpha value is -0.176. The van der Waals surface area contributed by atoms with Crippen molar-refractivity contribution in [2.75, 3.05) is 20.1 Å². The summed E-state index contributed by atoms with van der Waals surface area (Å²) in [5, 5.41) is 0. The largest absolute Gasteiger partial charge is 0.517 e. The smallest absolute Gasteiger partial charge is 0.306 e. The fourth-order valence-electron chi connectivity index (χ4n) is 4.34. The predicted octanol–water partition coefficient (Wildman–Crippen LogP) is 6.05. The van der Waals surface area contributed by atoms with Gasteiger partial charge in [0.25, 0.3) is 8.32 Å². The zero-order chi connectivity index (χ0) is 21.4. The standard InChI is InChI=1S/C21H47NO3Si2/c1-12-20(8)24-26(10,11)15-13-14-22(9)16-21(23)25-27(17(2)3,18(4)5)19(6)7/h17-20H,12-16H2,1-11H3. The molecule has 0 heterocycles. The molecule has 0 aliphatic heterocycles. The Morgan fingerprint density at radius 1 is 0.963 bits per heavy atom. The zero-order valence-electron chi connectivity index (χ0n) is 20.0. The van der Waals surface area contributed by atoms with Gasteiger partial charge in [-0.15, -0.1) is 0 Å². The molecule has 0 aliphatic carbocycles. The van der Waals surface area contributed by atoms with E-state index >= 15 is 0 Å². The molecule has 0 fully saturated rings. The fraction of sp³-hybridized carbons (Fsp3) is 0.952. The fourth-order valence-corrected chi connectivity index (χ4v) is 11.9. The summed E-state index contributed by atoms with van der Waals surface area (Å²) < 4.78 is 12.5. The van der Waals surface area contributed by atoms with Crippen LogP contribution in [0.1, 0.15) is 68.2 Å². The van der Waals surface area contributed by atoms with E-state index in [1.807, 2.05) is 7.05 Å². The third kappa shape index (κ3) is 8.79. The van der Waals surface area contributed by atoms with Crippen LogP contribution < -0.4 is 0 Å². The van der Waals surface area contributed by atoms with Gasteiger partial charge in [-0.2, -0.15) is 0 Å². The lowest BCUT2D eigenvalue weighted by molar-refractivity contribution is -0.136. The van der Waals surface area contributed by atoms with Crippen LogP contribution in [0.2, 0.25) is 35.8 Å². The van der Waals surface area contributed by atoms with Gasteiger partial charge in [0.1, 0.15) is 0 Å². The van der Waals surface area contributed by atoms with Crippen molar-refractivity contribution >= 4 is 22.6 Å². The van der Waals surface area contributed by atoms with Crippen LogP contribution in [0.15, 0.2) is 0 Å². The predicted molar refractivity (Wildman–Crippen MR) is 122 cm³/mol. The first-order chi connectivity index (χ1) is 12.3. The van der Waals surface area contributed by atoms with Crippen molar-refractivity contribution in [1.29, 1.82) is 0 Å². The van der Waals surface area contributed by atoms with Crippen molar-refractivity contribution in [1.82, 2.24) is 4.90 Å². The van der Waals surface area contributed by atoms with Gasteiger partial charge < -0.3 is 8.85 Å². The van der Waals surface area contributed by atoms with E-state index in [4.69, 9.17) is 8.85 Å². The Morgan fingerprint density at radius 2 is 1.44 bits per heavy atom. The minimum atomic E-state index is -2.13. The van der Waals surface area contributed by atoms with Crippen LogP contribution in [0.25, 0.3) is 0 Å². The van der Waals surface area contributed by atoms with Crippen molar-refractivity contribution in [3.8, 4) is 0 Å². The topological polar surface area (TPSA) is 38.8 Å². The van der Waals surface area contributed by atoms with Gasteiger partial charge in [0.15, 0.2) is 8.32 Å². The van der Waals surface area contributed by atoms with Crippen molar-refractivity contribution in [3.05, 3.63) is 0 Å². The second kappa shape index (κ2) is 11.7. The Morgan fingerprint density at radius 3 is 1.85 bits per heavy atom. The maximum absolute atomic E-state index is 12.7. The molecule has 162 valence electrons. The molecule has 1 unspecified atom stereocenters. The first-order valence-electron chi connectivity index (χ1n) is 10.9. The van der Waals surface area contributed by atoms with Gasteiger partial charge in [0.2, 0.25) is 0 Å². The molecular formula is C21H47NO3Si2. The molecule has 0 N–H and O–H groups in total. The number of likely N-dealkylation sites (N-methyl/N-ethyl adjacent to an activating group) is 1. The first-order valence-corrected chi connectivity index (χ1v) is 16.1. The molecule has 6 heteroatoms. The zero-order valence-corrected chi connectivity index (χ0v) is 22.0. The summed E-state index contributed by atoms with van der Waals surface area (Å²) in [6, 6.07) is 1.12. The number of hydrogen-bond acceptors (Lipinski definition) is 4. The molecule has 0 aromatic rings. The molecular weight excluding hydrogens is 370 g/mol. The van der Waals surface area contributed by atoms with Crippen LogP contribution in [-0.2, 0) is 13.6 Å². The van der Waals surface area contributed by atoms with Gasteiger partial charge in [-0.3, -0.25) is 9.69 Å². The van der Waals surface area contributed by atoms with Gasteiger partial charge in [-0.1, -0.05) is 48.5 Å². The third-order valence-electron chi connectivity index (χ3n) is 5.81. The third-order valence-corrected chi connectivity index (χ3v) is 14.4. The number of nitrogens with zero attached hydrogens (tertiary/aromatic N) is 1. The van der Waals surface area contributed by atoms with Crippen LogP contribution in [0.4, 0.5) is 0 Å². The maximum atomic E-state index is 12.7. The van der Waals surface area contributed by atoms with Crippen molar-refractivity contribution in [2.45, 2.75) is 110 Å². The normalized spacial score (nSPS) is 14.5. The Kier molecular flexibility index (Phi) is 11.7. The molecule has 0 radical (unpaired) electrons. The van der Waals surface area contributed by atoms with E-state index in [0.717, 1.165) is 25.4 Å². The molecule has 0 amide bonds. The number of carbonyl (C=O) groups is 1. The lowest BCUT2D eigenvalue weighted by Crippen LogP contribution is -2.50. The van der Waals surface area contributed by atoms with Crippen LogP contribution in [0.3, 0.4) is 0 Å². The molecule has 27 heavy (non-hydrogen) atoms. The average Bonchev–Trinajstić information content (AvgIpc) is 2.50. The van der Waals surface area contributed by atoms with Gasteiger partial charge in [0.05, 0.1) is 6.54 Å². The quantitative estimate of drug-likeness (QED) is 0.342. The van der Waals surface area contributed by atoms with E-state index in [0.29, 0.717) is 29.3 Å². The minimum Gasteiger partial charge on any atom is -0.517 e. The highest BCUT2D eigenvalue weighted by atomic mass is 28.4. The van der Waals surface area contributed by atoms with Crippen LogP contribution >= 0.6 is 0 Å². The summed E-state index contributed by atoms with van der Waals surface area (Å²) in [5.74, 6) is -0.0485. The van der Waals surface area contributed by atoms with E-state index < -0.39 is 16.6 Å². The van der Waals surface area contributed by atoms with Crippen LogP contribution in [0.5, 0.6) is 0 Å². The van der Waals surface area contributed by atoms with Crippen LogP contribution in [-0.4, -0.2) is 53.7 Å². The van der Waals surface area contributed by atoms with E-state index in [1.165, 1.54) is 0 Å². The molecule has 0 spiro atoms. The maximum Gasteiger partial charge on any atom is 0.306 e. The van der Waals surface area contributed by atoms with E-state index in [9.17, 15) is 4.79 Å². The Labute approximate surface area is 171 Å². The summed E-state index contributed by atoms with van der Waals surface area (Å²) in [5.41, 5.74) is 1.28. The molecule has 0 aromatic carbocycles. The Bertz CT molecular complexity index is 417. The second-order valence-electron chi connectivity index (χ2n) is 9.73. The molecule has 1 atom stereocenters. The lowest BCUT2D eigenvalue weighted by atomic mass is 10.3. The van der Waals surface area contributed by atoms with Crippen molar-refractivity contribution < 1.29 is 13.6 Å². The van der Waals surface area contributed by atoms with Crippen molar-refractivity contribution in [3.63, 3.8) is 0 Å². The van der Waals surface area contributed by atoms with E-state index in [1.54, 1.807) is 0 Å². The summed E-state index contributed by atoms with van der Waals surface area (Å²) >= 11 is 0. The Balaban J connectivity index is 4.61. The monoisotopic (exact) mass is 417 g/mol. The van der Waals surface area contributed by atoms with E-state index in [-0.39, 0.29) is 5.97 Å². The SMILES string of the molecule is CCC(C)O[Si](C)(C)CCCN(C)CC(=O)O[Si](C(C)C)(C(C)C)C(C)C. The molecule has 0 bridgehead atoms. The number of rotatable bonds is 13. The van der Waals surface area contributed by atoms with Gasteiger partial charge >= 0.3 is 5.97 Å². The molecule has 4 nitrogen and oxygen atoms in total. The molecule has 0 aromatic heterocycles. The van der Waals surface area contributed by atoms with Crippen LogP contribution in [0, 0.1) is 0 Å². The van der Waals surface area contributed by atoms with Gasteiger partial charge in [0, 0.05) is 6.10 Å². The summed E-state index contributed by atoms with van der Waals surface area (Å²) in [6.45, 7) is 23.5. The van der Waals surface area contributed by atoms with Crippen molar-refractivity contribution in [2.24, 2.45) is 0 Å². The molecule has 0 rings (SSSR count). The number of carbonyl (C=O) groups excluding carboxylic acids is 1. The highest BCUT2D eigenvalue weighted by Crippen LogP contribution is 2.42. The second-order valence-corrected chi connectivity index (χ2v) is 19.4. The summed E-state index contributed by atoms with van der Waals surface area (Å²) in [6.07, 6.45) is 2.48. The average molecular weight is 418 g/mol. The van der Waals surface area contributed by atoms with E-state index in [2.05, 4.69) is 73.4 Å². The summed E-state index contributed by atoms with van der Waals surface area (Å²) in [7, 11) is -1.72. The molecule has 0 saturated carbocycles. The molecule has 0 aliphatic rings. The lowest BCUT2D eigenvalue weighted by Gasteiger charge is -2.41. The highest BCUT2D eigenvalue weighted by Gasteiger charge is 2.48. The summed E-state index contributed by atoms with van der Waals surface area (Å²) in [4.78, 5) is 14.8. The van der Waals surface area contributed by atoms with Gasteiger partial charge in [-0.25, -0.2) is 0 Å². The first kappa shape index (κ1) is 26.8. The van der Waals surface area contributed by atoms with Gasteiger partial charge in [-0.05, 0) is 69.1 Å².